The van der Waals surface area contributed by atoms with E-state index in [0.717, 1.165) is 5.69 Å². The van der Waals surface area contributed by atoms with E-state index in [1.807, 2.05) is 71.9 Å². The van der Waals surface area contributed by atoms with Crippen LogP contribution in [0.5, 0.6) is 0 Å². The molecule has 1 aliphatic rings. The summed E-state index contributed by atoms with van der Waals surface area (Å²) in [6, 6.07) is 9.47. The molecular weight excluding hydrogens is 286 g/mol. The second-order valence-electron chi connectivity index (χ2n) is 7.99. The number of hydrogen-bond acceptors (Lipinski definition) is 3. The highest BCUT2D eigenvalue weighted by atomic mass is 16.1. The van der Waals surface area contributed by atoms with Crippen LogP contribution in [0.25, 0.3) is 0 Å². The van der Waals surface area contributed by atoms with Crippen molar-refractivity contribution in [2.75, 3.05) is 5.32 Å². The van der Waals surface area contributed by atoms with Gasteiger partial charge in [-0.3, -0.25) is 9.59 Å². The van der Waals surface area contributed by atoms with Crippen LogP contribution in [-0.4, -0.2) is 11.6 Å². The van der Waals surface area contributed by atoms with Crippen LogP contribution >= 0.6 is 0 Å². The number of carbonyl (C=O) groups excluding carboxylic acids is 2. The molecule has 0 aromatic heterocycles. The number of anilines is 1. The summed E-state index contributed by atoms with van der Waals surface area (Å²) in [4.78, 5) is 25.8. The minimum Gasteiger partial charge on any atom is -0.352 e. The van der Waals surface area contributed by atoms with E-state index in [-0.39, 0.29) is 17.0 Å². The maximum atomic E-state index is 13.0. The molecular formula is C20H25NO2. The predicted octanol–water partition coefficient (Wildman–Crippen LogP) is 4.52. The lowest BCUT2D eigenvalue weighted by Gasteiger charge is -2.33. The number of nitrogens with one attached hydrogen (secondary N) is 1. The summed E-state index contributed by atoms with van der Waals surface area (Å²) in [7, 11) is 0. The summed E-state index contributed by atoms with van der Waals surface area (Å²) in [6.45, 7) is 11.8. The van der Waals surface area contributed by atoms with Gasteiger partial charge in [-0.2, -0.15) is 0 Å². The van der Waals surface area contributed by atoms with Gasteiger partial charge in [0.25, 0.3) is 0 Å². The Kier molecular flexibility index (Phi) is 4.34. The first-order valence-electron chi connectivity index (χ1n) is 7.90. The summed E-state index contributed by atoms with van der Waals surface area (Å²) in [5.74, 6) is -0.175. The van der Waals surface area contributed by atoms with E-state index in [2.05, 4.69) is 5.32 Å². The minimum atomic E-state index is -0.422. The van der Waals surface area contributed by atoms with Gasteiger partial charge in [0.05, 0.1) is 5.70 Å². The van der Waals surface area contributed by atoms with Gasteiger partial charge in [-0.1, -0.05) is 59.7 Å². The normalized spacial score (nSPS) is 16.5. The standard InChI is InChI=1S/C20H25NO2/c1-19(2,3)14-12-15(22)17(16(18(14)23)20(4,5)6)21-13-10-8-7-9-11-13/h7-12,21H,1-6H3. The molecule has 0 radical (unpaired) electrons. The van der Waals surface area contributed by atoms with Crippen LogP contribution in [0.4, 0.5) is 5.69 Å². The highest BCUT2D eigenvalue weighted by Crippen LogP contribution is 2.39. The van der Waals surface area contributed by atoms with Crippen molar-refractivity contribution < 1.29 is 9.59 Å². The molecule has 0 spiro atoms. The smallest absolute Gasteiger partial charge is 0.202 e. The molecule has 23 heavy (non-hydrogen) atoms. The highest BCUT2D eigenvalue weighted by Gasteiger charge is 2.39. The molecule has 1 N–H and O–H groups in total. The number of para-hydroxylation sites is 1. The van der Waals surface area contributed by atoms with E-state index < -0.39 is 5.41 Å². The van der Waals surface area contributed by atoms with Crippen LogP contribution in [0, 0.1) is 10.8 Å². The fourth-order valence-corrected chi connectivity index (χ4v) is 2.70. The van der Waals surface area contributed by atoms with E-state index in [0.29, 0.717) is 16.8 Å². The van der Waals surface area contributed by atoms with Gasteiger partial charge in [0, 0.05) is 16.8 Å². The van der Waals surface area contributed by atoms with Crippen molar-refractivity contribution in [2.24, 2.45) is 10.8 Å². The molecule has 0 heterocycles. The van der Waals surface area contributed by atoms with Crippen molar-refractivity contribution in [1.82, 2.24) is 0 Å². The lowest BCUT2D eigenvalue weighted by molar-refractivity contribution is -0.117. The van der Waals surface area contributed by atoms with E-state index in [9.17, 15) is 9.59 Å². The Morgan fingerprint density at radius 3 is 1.87 bits per heavy atom. The predicted molar refractivity (Wildman–Crippen MR) is 94.1 cm³/mol. The van der Waals surface area contributed by atoms with Gasteiger partial charge < -0.3 is 5.32 Å². The van der Waals surface area contributed by atoms with E-state index in [1.54, 1.807) is 0 Å². The van der Waals surface area contributed by atoms with Crippen LogP contribution in [0.3, 0.4) is 0 Å². The first kappa shape index (κ1) is 17.2. The molecule has 0 unspecified atom stereocenters. The van der Waals surface area contributed by atoms with Gasteiger partial charge in [-0.15, -0.1) is 0 Å². The van der Waals surface area contributed by atoms with Crippen molar-refractivity contribution in [2.45, 2.75) is 41.5 Å². The number of ketones is 2. The van der Waals surface area contributed by atoms with Crippen LogP contribution in [0.1, 0.15) is 41.5 Å². The molecule has 2 rings (SSSR count). The van der Waals surface area contributed by atoms with Gasteiger partial charge >= 0.3 is 0 Å². The third-order valence-corrected chi connectivity index (χ3v) is 3.84. The Morgan fingerprint density at radius 2 is 1.39 bits per heavy atom. The molecule has 0 saturated heterocycles. The molecule has 122 valence electrons. The summed E-state index contributed by atoms with van der Waals surface area (Å²) in [6.07, 6.45) is 1.49. The zero-order chi connectivity index (χ0) is 17.4. The molecule has 0 fully saturated rings. The van der Waals surface area contributed by atoms with Crippen molar-refractivity contribution in [3.8, 4) is 0 Å². The summed E-state index contributed by atoms with van der Waals surface area (Å²) in [5.41, 5.74) is 1.54. The molecule has 1 aromatic rings. The minimum absolute atomic E-state index is 0.0389. The molecule has 1 aliphatic carbocycles. The monoisotopic (exact) mass is 311 g/mol. The molecule has 0 bridgehead atoms. The topological polar surface area (TPSA) is 46.2 Å². The maximum absolute atomic E-state index is 13.0. The number of Topliss-reactive ketones (excluding diaryl/α,β-unsaturated/α-hetero) is 1. The van der Waals surface area contributed by atoms with Crippen molar-refractivity contribution in [3.05, 3.63) is 53.3 Å². The number of hydrogen-bond donors (Lipinski definition) is 1. The Morgan fingerprint density at radius 1 is 0.826 bits per heavy atom. The third kappa shape index (κ3) is 3.61. The van der Waals surface area contributed by atoms with E-state index in [4.69, 9.17) is 0 Å². The van der Waals surface area contributed by atoms with Gasteiger partial charge in [-0.05, 0) is 29.0 Å². The molecule has 0 atom stereocenters. The molecule has 0 amide bonds. The highest BCUT2D eigenvalue weighted by molar-refractivity contribution is 6.24. The zero-order valence-corrected chi connectivity index (χ0v) is 14.8. The quantitative estimate of drug-likeness (QED) is 0.817. The maximum Gasteiger partial charge on any atom is 0.202 e. The number of allylic oxidation sites excluding steroid dienone is 3. The number of rotatable bonds is 2. The molecule has 3 nitrogen and oxygen atoms in total. The average molecular weight is 311 g/mol. The molecule has 0 aliphatic heterocycles. The first-order valence-corrected chi connectivity index (χ1v) is 7.90. The van der Waals surface area contributed by atoms with E-state index in [1.165, 1.54) is 6.08 Å². The third-order valence-electron chi connectivity index (χ3n) is 3.84. The Labute approximate surface area is 138 Å². The van der Waals surface area contributed by atoms with Crippen LogP contribution in [0.2, 0.25) is 0 Å². The van der Waals surface area contributed by atoms with Crippen LogP contribution in [-0.2, 0) is 9.59 Å². The van der Waals surface area contributed by atoms with Crippen molar-refractivity contribution in [1.29, 1.82) is 0 Å². The van der Waals surface area contributed by atoms with Crippen molar-refractivity contribution in [3.63, 3.8) is 0 Å². The summed E-state index contributed by atoms with van der Waals surface area (Å²) in [5, 5.41) is 3.15. The Balaban J connectivity index is 2.56. The largest absolute Gasteiger partial charge is 0.352 e. The number of carbonyl (C=O) groups is 2. The average Bonchev–Trinajstić information content (AvgIpc) is 2.41. The zero-order valence-electron chi connectivity index (χ0n) is 14.8. The van der Waals surface area contributed by atoms with Gasteiger partial charge in [0.15, 0.2) is 5.78 Å². The number of benzene rings is 1. The summed E-state index contributed by atoms with van der Waals surface area (Å²) >= 11 is 0. The Hall–Kier alpha value is -2.16. The molecule has 1 aromatic carbocycles. The van der Waals surface area contributed by atoms with Crippen molar-refractivity contribution >= 4 is 17.3 Å². The fourth-order valence-electron chi connectivity index (χ4n) is 2.70. The molecule has 3 heteroatoms. The second-order valence-corrected chi connectivity index (χ2v) is 7.99. The first-order chi connectivity index (χ1) is 10.5. The van der Waals surface area contributed by atoms with Crippen LogP contribution < -0.4 is 5.32 Å². The lowest BCUT2D eigenvalue weighted by atomic mass is 9.71. The van der Waals surface area contributed by atoms with E-state index >= 15 is 0 Å². The lowest BCUT2D eigenvalue weighted by Crippen LogP contribution is -2.34. The second kappa shape index (κ2) is 5.80. The summed E-state index contributed by atoms with van der Waals surface area (Å²) < 4.78 is 0. The van der Waals surface area contributed by atoms with Gasteiger partial charge in [-0.25, -0.2) is 0 Å². The van der Waals surface area contributed by atoms with Gasteiger partial charge in [0.2, 0.25) is 5.78 Å². The SMILES string of the molecule is CC(C)(C)C1=CC(=O)C(Nc2ccccc2)=C(C(C)(C)C)C1=O. The van der Waals surface area contributed by atoms with Crippen LogP contribution in [0.15, 0.2) is 53.3 Å². The van der Waals surface area contributed by atoms with Gasteiger partial charge in [0.1, 0.15) is 0 Å². The molecule has 0 saturated carbocycles. The fraction of sp³-hybridized carbons (Fsp3) is 0.400. The Bertz CT molecular complexity index is 695.